The van der Waals surface area contributed by atoms with Gasteiger partial charge in [-0.2, -0.15) is 0 Å². The molecule has 3 saturated carbocycles. The van der Waals surface area contributed by atoms with E-state index in [1.807, 2.05) is 0 Å². The van der Waals surface area contributed by atoms with Crippen LogP contribution in [0.15, 0.2) is 23.3 Å². The molecule has 3 aliphatic carbocycles. The Hall–Kier alpha value is -0.780. The average Bonchev–Trinajstić information content (AvgIpc) is 3.00. The Kier molecular flexibility index (Phi) is 7.20. The van der Waals surface area contributed by atoms with Gasteiger partial charge < -0.3 is 15.1 Å². The van der Waals surface area contributed by atoms with Crippen LogP contribution in [0.3, 0.4) is 0 Å². The fourth-order valence-corrected chi connectivity index (χ4v) is 7.41. The maximum absolute atomic E-state index is 13.4. The first-order valence-corrected chi connectivity index (χ1v) is 12.9. The minimum Gasteiger partial charge on any atom is -0.393 e. The summed E-state index contributed by atoms with van der Waals surface area (Å²) >= 11 is 0. The number of fused-ring (bicyclic) bond motifs is 1. The van der Waals surface area contributed by atoms with Crippen LogP contribution in [0.2, 0.25) is 0 Å². The standard InChI is InChI=1S/C27H43F2NO2/c1-18(10-12-30-16-21(17-30)27(3,28)29)24-8-9-25-20(5-4-11-26(24,25)2)7-6-19-13-22(31)15-23(32)14-19/h6-7,18,21-25,31-32H,4-5,8-17H2,1-3H3/t18?,22-,23-,24-,25+,26-/m1/s1. The lowest BCUT2D eigenvalue weighted by atomic mass is 9.61. The lowest BCUT2D eigenvalue weighted by Crippen LogP contribution is -2.54. The van der Waals surface area contributed by atoms with Gasteiger partial charge in [-0.05, 0) is 94.4 Å². The van der Waals surface area contributed by atoms with Crippen molar-refractivity contribution in [1.82, 2.24) is 4.90 Å². The molecule has 3 nitrogen and oxygen atoms in total. The molecule has 0 aromatic carbocycles. The molecule has 0 radical (unpaired) electrons. The number of allylic oxidation sites excluding steroid dienone is 3. The highest BCUT2D eigenvalue weighted by Gasteiger charge is 2.50. The molecule has 2 N–H and O–H groups in total. The maximum atomic E-state index is 13.4. The van der Waals surface area contributed by atoms with Crippen molar-refractivity contribution in [2.75, 3.05) is 19.6 Å². The number of aliphatic hydroxyl groups excluding tert-OH is 2. The number of likely N-dealkylation sites (tertiary alicyclic amines) is 1. The van der Waals surface area contributed by atoms with Crippen LogP contribution in [0.5, 0.6) is 0 Å². The summed E-state index contributed by atoms with van der Waals surface area (Å²) in [6.45, 7) is 7.98. The summed E-state index contributed by atoms with van der Waals surface area (Å²) in [6.07, 6.45) is 12.8. The van der Waals surface area contributed by atoms with Crippen molar-refractivity contribution in [3.8, 4) is 0 Å². The van der Waals surface area contributed by atoms with Crippen LogP contribution >= 0.6 is 0 Å². The zero-order chi connectivity index (χ0) is 23.1. The van der Waals surface area contributed by atoms with Gasteiger partial charge >= 0.3 is 0 Å². The fraction of sp³-hybridized carbons (Fsp3) is 0.852. The molecule has 1 aliphatic heterocycles. The summed E-state index contributed by atoms with van der Waals surface area (Å²) in [4.78, 5) is 2.21. The molecule has 5 heteroatoms. The lowest BCUT2D eigenvalue weighted by Gasteiger charge is -2.46. The molecule has 0 spiro atoms. The van der Waals surface area contributed by atoms with Gasteiger partial charge in [0, 0.05) is 19.0 Å². The van der Waals surface area contributed by atoms with Crippen molar-refractivity contribution < 1.29 is 19.0 Å². The van der Waals surface area contributed by atoms with Crippen LogP contribution in [-0.4, -0.2) is 52.9 Å². The summed E-state index contributed by atoms with van der Waals surface area (Å²) < 4.78 is 26.8. The van der Waals surface area contributed by atoms with E-state index in [1.54, 1.807) is 5.57 Å². The molecule has 182 valence electrons. The minimum absolute atomic E-state index is 0.335. The Balaban J connectivity index is 1.35. The zero-order valence-electron chi connectivity index (χ0n) is 20.2. The Morgan fingerprint density at radius 3 is 2.50 bits per heavy atom. The van der Waals surface area contributed by atoms with Gasteiger partial charge in [-0.1, -0.05) is 37.1 Å². The molecule has 4 fully saturated rings. The number of aliphatic hydroxyl groups is 2. The first-order valence-electron chi connectivity index (χ1n) is 12.9. The van der Waals surface area contributed by atoms with E-state index in [2.05, 4.69) is 30.9 Å². The molecule has 0 aromatic rings. The van der Waals surface area contributed by atoms with E-state index in [-0.39, 0.29) is 0 Å². The van der Waals surface area contributed by atoms with Crippen LogP contribution < -0.4 is 0 Å². The number of alkyl halides is 2. The van der Waals surface area contributed by atoms with Gasteiger partial charge in [-0.15, -0.1) is 0 Å². The van der Waals surface area contributed by atoms with Crippen molar-refractivity contribution in [3.05, 3.63) is 23.3 Å². The van der Waals surface area contributed by atoms with Crippen LogP contribution in [0.25, 0.3) is 0 Å². The smallest absolute Gasteiger partial charge is 0.250 e. The van der Waals surface area contributed by atoms with E-state index in [0.717, 1.165) is 26.3 Å². The zero-order valence-corrected chi connectivity index (χ0v) is 20.2. The van der Waals surface area contributed by atoms with Crippen molar-refractivity contribution in [3.63, 3.8) is 0 Å². The molecule has 4 aliphatic rings. The second-order valence-corrected chi connectivity index (χ2v) is 11.8. The number of hydrogen-bond donors (Lipinski definition) is 2. The third kappa shape index (κ3) is 5.15. The largest absolute Gasteiger partial charge is 0.393 e. The second-order valence-electron chi connectivity index (χ2n) is 11.8. The highest BCUT2D eigenvalue weighted by Crippen LogP contribution is 2.59. The number of rotatable bonds is 6. The van der Waals surface area contributed by atoms with Gasteiger partial charge in [0.1, 0.15) is 0 Å². The Bertz CT molecular complexity index is 712. The molecular formula is C27H43F2NO2. The summed E-state index contributed by atoms with van der Waals surface area (Å²) in [6, 6.07) is 0. The SMILES string of the molecule is CC(CCN1CC(C(C)(F)F)C1)[C@H]1CC[C@H]2C(=CC=C3C[C@@H](O)C[C@H](O)C3)CCC[C@]12C. The van der Waals surface area contributed by atoms with E-state index in [9.17, 15) is 19.0 Å². The molecule has 1 heterocycles. The Labute approximate surface area is 193 Å². The van der Waals surface area contributed by atoms with E-state index in [4.69, 9.17) is 0 Å². The molecule has 1 unspecified atom stereocenters. The molecule has 1 saturated heterocycles. The molecule has 0 bridgehead atoms. The molecule has 4 rings (SSSR count). The van der Waals surface area contributed by atoms with Crippen molar-refractivity contribution >= 4 is 0 Å². The van der Waals surface area contributed by atoms with Crippen LogP contribution in [0.4, 0.5) is 8.78 Å². The topological polar surface area (TPSA) is 43.7 Å². The minimum atomic E-state index is -2.54. The quantitative estimate of drug-likeness (QED) is 0.554. The Morgan fingerprint density at radius 2 is 1.84 bits per heavy atom. The first-order chi connectivity index (χ1) is 15.1. The second kappa shape index (κ2) is 9.46. The van der Waals surface area contributed by atoms with Crippen molar-refractivity contribution in [2.24, 2.45) is 29.1 Å². The monoisotopic (exact) mass is 451 g/mol. The molecule has 6 atom stereocenters. The fourth-order valence-electron chi connectivity index (χ4n) is 7.41. The predicted molar refractivity (Wildman–Crippen MR) is 125 cm³/mol. The summed E-state index contributed by atoms with van der Waals surface area (Å²) in [5.74, 6) is -1.05. The maximum Gasteiger partial charge on any atom is 0.250 e. The van der Waals surface area contributed by atoms with Crippen LogP contribution in [0, 0.1) is 29.1 Å². The highest BCUT2D eigenvalue weighted by atomic mass is 19.3. The molecule has 0 amide bonds. The van der Waals surface area contributed by atoms with Gasteiger partial charge in [-0.25, -0.2) is 8.78 Å². The van der Waals surface area contributed by atoms with Crippen molar-refractivity contribution in [2.45, 2.75) is 96.7 Å². The lowest BCUT2D eigenvalue weighted by molar-refractivity contribution is -0.104. The molecule has 32 heavy (non-hydrogen) atoms. The predicted octanol–water partition coefficient (Wildman–Crippen LogP) is 5.57. The number of nitrogens with zero attached hydrogens (tertiary/aromatic N) is 1. The van der Waals surface area contributed by atoms with Gasteiger partial charge in [0.15, 0.2) is 0 Å². The van der Waals surface area contributed by atoms with Gasteiger partial charge in [0.25, 0.3) is 5.92 Å². The third-order valence-corrected chi connectivity index (χ3v) is 9.37. The molecule has 0 aromatic heterocycles. The van der Waals surface area contributed by atoms with Gasteiger partial charge in [0.05, 0.1) is 12.2 Å². The van der Waals surface area contributed by atoms with Gasteiger partial charge in [0.2, 0.25) is 0 Å². The van der Waals surface area contributed by atoms with E-state index < -0.39 is 24.0 Å². The van der Waals surface area contributed by atoms with E-state index in [1.165, 1.54) is 31.3 Å². The van der Waals surface area contributed by atoms with Gasteiger partial charge in [-0.3, -0.25) is 0 Å². The molecular weight excluding hydrogens is 408 g/mol. The van der Waals surface area contributed by atoms with Crippen LogP contribution in [-0.2, 0) is 0 Å². The first kappa shape index (κ1) is 24.3. The normalized spacial score (nSPS) is 39.1. The van der Waals surface area contributed by atoms with E-state index in [0.29, 0.717) is 55.5 Å². The van der Waals surface area contributed by atoms with Crippen LogP contribution in [0.1, 0.15) is 78.6 Å². The average molecular weight is 452 g/mol. The summed E-state index contributed by atoms with van der Waals surface area (Å²) in [7, 11) is 0. The highest BCUT2D eigenvalue weighted by molar-refractivity contribution is 5.26. The van der Waals surface area contributed by atoms with Crippen molar-refractivity contribution in [1.29, 1.82) is 0 Å². The Morgan fingerprint density at radius 1 is 1.16 bits per heavy atom. The number of hydrogen-bond acceptors (Lipinski definition) is 3. The number of halogens is 2. The summed E-state index contributed by atoms with van der Waals surface area (Å²) in [5, 5.41) is 20.0. The third-order valence-electron chi connectivity index (χ3n) is 9.37. The van der Waals surface area contributed by atoms with E-state index >= 15 is 0 Å². The summed E-state index contributed by atoms with van der Waals surface area (Å²) in [5.41, 5.74) is 3.07.